The first-order valence-corrected chi connectivity index (χ1v) is 4.36. The monoisotopic (exact) mass is 200 g/mol. The summed E-state index contributed by atoms with van der Waals surface area (Å²) in [6, 6.07) is 0. The van der Waals surface area contributed by atoms with Crippen LogP contribution in [0.3, 0.4) is 0 Å². The van der Waals surface area contributed by atoms with Crippen molar-refractivity contribution >= 4 is 17.7 Å². The van der Waals surface area contributed by atoms with Crippen molar-refractivity contribution in [2.24, 2.45) is 5.41 Å². The second kappa shape index (κ2) is 3.77. The van der Waals surface area contributed by atoms with Gasteiger partial charge in [0.25, 0.3) is 0 Å². The largest absolute Gasteiger partial charge is 0.480 e. The number of rotatable bonds is 2. The van der Waals surface area contributed by atoms with E-state index in [2.05, 4.69) is 4.74 Å². The van der Waals surface area contributed by atoms with E-state index in [1.165, 1.54) is 0 Å². The Morgan fingerprint density at radius 1 is 1.50 bits per heavy atom. The van der Waals surface area contributed by atoms with Crippen LogP contribution in [0.4, 0.5) is 0 Å². The number of hydrogen-bond donors (Lipinski definition) is 1. The third-order valence-electron chi connectivity index (χ3n) is 2.54. The van der Waals surface area contributed by atoms with Gasteiger partial charge in [-0.05, 0) is 12.8 Å². The van der Waals surface area contributed by atoms with Crippen molar-refractivity contribution in [2.75, 3.05) is 7.11 Å². The first-order valence-electron chi connectivity index (χ1n) is 4.36. The van der Waals surface area contributed by atoms with Crippen molar-refractivity contribution < 1.29 is 24.2 Å². The van der Waals surface area contributed by atoms with E-state index in [1.807, 2.05) is 0 Å². The van der Waals surface area contributed by atoms with E-state index in [4.69, 9.17) is 5.11 Å². The second-order valence-corrected chi connectivity index (χ2v) is 3.45. The highest BCUT2D eigenvalue weighted by atomic mass is 16.5. The fraction of sp³-hybridized carbons (Fsp3) is 0.667. The van der Waals surface area contributed by atoms with Crippen LogP contribution < -0.4 is 0 Å². The average Bonchev–Trinajstić information content (AvgIpc) is 2.16. The van der Waals surface area contributed by atoms with E-state index in [9.17, 15) is 14.4 Å². The predicted molar refractivity (Wildman–Crippen MR) is 45.6 cm³/mol. The highest BCUT2D eigenvalue weighted by molar-refractivity contribution is 6.03. The van der Waals surface area contributed by atoms with Crippen molar-refractivity contribution in [3.63, 3.8) is 0 Å². The molecule has 1 N–H and O–H groups in total. The number of aliphatic carboxylic acids is 1. The van der Waals surface area contributed by atoms with Gasteiger partial charge in [-0.15, -0.1) is 0 Å². The number of carboxylic acid groups (broad SMARTS) is 1. The molecule has 0 saturated heterocycles. The van der Waals surface area contributed by atoms with Crippen LogP contribution in [0.2, 0.25) is 0 Å². The minimum atomic E-state index is -1.63. The summed E-state index contributed by atoms with van der Waals surface area (Å²) in [6.45, 7) is 0. The summed E-state index contributed by atoms with van der Waals surface area (Å²) in [5, 5.41) is 8.96. The summed E-state index contributed by atoms with van der Waals surface area (Å²) in [6.07, 6.45) is 0.724. The molecule has 0 amide bonds. The van der Waals surface area contributed by atoms with E-state index in [0.29, 0.717) is 12.8 Å². The van der Waals surface area contributed by atoms with Crippen LogP contribution in [0.1, 0.15) is 25.7 Å². The Morgan fingerprint density at radius 2 is 2.14 bits per heavy atom. The molecule has 14 heavy (non-hydrogen) atoms. The molecule has 0 aromatic heterocycles. The molecule has 1 aliphatic rings. The zero-order valence-corrected chi connectivity index (χ0v) is 7.91. The molecule has 0 aromatic carbocycles. The van der Waals surface area contributed by atoms with Gasteiger partial charge in [0.05, 0.1) is 7.11 Å². The SMILES string of the molecule is COC(=O)[C@]1(C(=O)O)CCCC(=O)C1. The van der Waals surface area contributed by atoms with E-state index >= 15 is 0 Å². The molecule has 0 spiro atoms. The topological polar surface area (TPSA) is 80.7 Å². The minimum Gasteiger partial charge on any atom is -0.480 e. The zero-order chi connectivity index (χ0) is 10.8. The standard InChI is InChI=1S/C9H12O5/c1-14-8(13)9(7(11)12)4-2-3-6(10)5-9/h2-5H2,1H3,(H,11,12)/t9-/m1/s1. The number of carbonyl (C=O) groups is 3. The molecule has 5 heteroatoms. The Labute approximate surface area is 81.0 Å². The average molecular weight is 200 g/mol. The normalized spacial score (nSPS) is 27.1. The number of methoxy groups -OCH3 is 1. The molecule has 5 nitrogen and oxygen atoms in total. The first-order chi connectivity index (χ1) is 6.53. The number of hydrogen-bond acceptors (Lipinski definition) is 4. The fourth-order valence-electron chi connectivity index (χ4n) is 1.74. The number of carbonyl (C=O) groups excluding carboxylic acids is 2. The Kier molecular flexibility index (Phi) is 2.88. The molecule has 0 bridgehead atoms. The van der Waals surface area contributed by atoms with Gasteiger partial charge in [-0.3, -0.25) is 14.4 Å². The molecular formula is C9H12O5. The van der Waals surface area contributed by atoms with Gasteiger partial charge < -0.3 is 9.84 Å². The molecule has 1 rings (SSSR count). The highest BCUT2D eigenvalue weighted by Gasteiger charge is 2.50. The summed E-state index contributed by atoms with van der Waals surface area (Å²) in [7, 11) is 1.13. The van der Waals surface area contributed by atoms with Gasteiger partial charge in [-0.1, -0.05) is 0 Å². The number of ether oxygens (including phenoxy) is 1. The Morgan fingerprint density at radius 3 is 2.57 bits per heavy atom. The fourth-order valence-corrected chi connectivity index (χ4v) is 1.74. The van der Waals surface area contributed by atoms with Crippen LogP contribution in [-0.2, 0) is 19.1 Å². The zero-order valence-electron chi connectivity index (χ0n) is 7.91. The van der Waals surface area contributed by atoms with Crippen LogP contribution in [0.25, 0.3) is 0 Å². The van der Waals surface area contributed by atoms with Crippen LogP contribution >= 0.6 is 0 Å². The number of esters is 1. The third-order valence-corrected chi connectivity index (χ3v) is 2.54. The van der Waals surface area contributed by atoms with E-state index in [0.717, 1.165) is 7.11 Å². The molecule has 0 unspecified atom stereocenters. The van der Waals surface area contributed by atoms with Crippen molar-refractivity contribution in [3.05, 3.63) is 0 Å². The summed E-state index contributed by atoms with van der Waals surface area (Å²) < 4.78 is 4.43. The number of Topliss-reactive ketones (excluding diaryl/α,β-unsaturated/α-hetero) is 1. The van der Waals surface area contributed by atoms with Crippen LogP contribution in [-0.4, -0.2) is 29.9 Å². The number of ketones is 1. The van der Waals surface area contributed by atoms with Gasteiger partial charge in [0.2, 0.25) is 0 Å². The lowest BCUT2D eigenvalue weighted by molar-refractivity contribution is -0.171. The maximum absolute atomic E-state index is 11.3. The van der Waals surface area contributed by atoms with Gasteiger partial charge >= 0.3 is 11.9 Å². The van der Waals surface area contributed by atoms with E-state index in [1.54, 1.807) is 0 Å². The van der Waals surface area contributed by atoms with Crippen LogP contribution in [0.5, 0.6) is 0 Å². The van der Waals surface area contributed by atoms with Crippen LogP contribution in [0.15, 0.2) is 0 Å². The van der Waals surface area contributed by atoms with E-state index < -0.39 is 17.4 Å². The van der Waals surface area contributed by atoms with Gasteiger partial charge in [0.1, 0.15) is 5.78 Å². The lowest BCUT2D eigenvalue weighted by Gasteiger charge is -2.29. The first kappa shape index (κ1) is 10.7. The Balaban J connectivity index is 2.97. The van der Waals surface area contributed by atoms with Crippen molar-refractivity contribution in [1.82, 2.24) is 0 Å². The summed E-state index contributed by atoms with van der Waals surface area (Å²) >= 11 is 0. The smallest absolute Gasteiger partial charge is 0.323 e. The van der Waals surface area contributed by atoms with Crippen molar-refractivity contribution in [2.45, 2.75) is 25.7 Å². The molecule has 1 atom stereocenters. The molecule has 0 aromatic rings. The van der Waals surface area contributed by atoms with Gasteiger partial charge in [0, 0.05) is 12.8 Å². The quantitative estimate of drug-likeness (QED) is 0.514. The predicted octanol–water partition coefficient (Wildman–Crippen LogP) is 0.373. The molecular weight excluding hydrogens is 188 g/mol. The van der Waals surface area contributed by atoms with E-state index in [-0.39, 0.29) is 18.6 Å². The molecule has 1 aliphatic carbocycles. The lowest BCUT2D eigenvalue weighted by Crippen LogP contribution is -2.44. The third kappa shape index (κ3) is 1.62. The van der Waals surface area contributed by atoms with Crippen molar-refractivity contribution in [1.29, 1.82) is 0 Å². The maximum Gasteiger partial charge on any atom is 0.323 e. The molecule has 1 fully saturated rings. The molecule has 78 valence electrons. The van der Waals surface area contributed by atoms with Crippen LogP contribution in [0, 0.1) is 5.41 Å². The molecule has 0 heterocycles. The second-order valence-electron chi connectivity index (χ2n) is 3.45. The minimum absolute atomic E-state index is 0.181. The summed E-state index contributed by atoms with van der Waals surface area (Å²) in [5.74, 6) is -2.28. The van der Waals surface area contributed by atoms with Gasteiger partial charge in [-0.25, -0.2) is 0 Å². The Bertz CT molecular complexity index is 283. The molecule has 0 aliphatic heterocycles. The lowest BCUT2D eigenvalue weighted by atomic mass is 9.73. The van der Waals surface area contributed by atoms with Crippen molar-refractivity contribution in [3.8, 4) is 0 Å². The molecule has 1 saturated carbocycles. The van der Waals surface area contributed by atoms with Gasteiger partial charge in [-0.2, -0.15) is 0 Å². The number of carboxylic acids is 1. The van der Waals surface area contributed by atoms with Gasteiger partial charge in [0.15, 0.2) is 5.41 Å². The summed E-state index contributed by atoms with van der Waals surface area (Å²) in [4.78, 5) is 33.4. The highest BCUT2D eigenvalue weighted by Crippen LogP contribution is 2.35. The molecule has 0 radical (unpaired) electrons. The maximum atomic E-state index is 11.3. The summed E-state index contributed by atoms with van der Waals surface area (Å²) in [5.41, 5.74) is -1.63. The Hall–Kier alpha value is -1.39.